The van der Waals surface area contributed by atoms with Crippen LogP contribution in [0.5, 0.6) is 0 Å². The van der Waals surface area contributed by atoms with Crippen molar-refractivity contribution in [3.8, 4) is 0 Å². The van der Waals surface area contributed by atoms with Crippen molar-refractivity contribution < 1.29 is 17.9 Å². The minimum absolute atomic E-state index is 0.196. The van der Waals surface area contributed by atoms with Gasteiger partial charge < -0.3 is 4.74 Å². The molecular weight excluding hydrogens is 228 g/mol. The highest BCUT2D eigenvalue weighted by Crippen LogP contribution is 2.39. The summed E-state index contributed by atoms with van der Waals surface area (Å²) in [6.45, 7) is 2.15. The van der Waals surface area contributed by atoms with Crippen LogP contribution in [-0.4, -0.2) is 31.5 Å². The van der Waals surface area contributed by atoms with Gasteiger partial charge in [0.2, 0.25) is 0 Å². The van der Waals surface area contributed by atoms with Crippen molar-refractivity contribution in [1.29, 1.82) is 0 Å². The Kier molecular flexibility index (Phi) is 3.24. The molecule has 2 rings (SSSR count). The van der Waals surface area contributed by atoms with E-state index in [1.165, 1.54) is 0 Å². The van der Waals surface area contributed by atoms with E-state index in [0.29, 0.717) is 19.4 Å². The highest BCUT2D eigenvalue weighted by molar-refractivity contribution is 7.92. The molecule has 0 aromatic heterocycles. The zero-order valence-corrected chi connectivity index (χ0v) is 10.3. The third-order valence-electron chi connectivity index (χ3n) is 3.70. The molecule has 0 radical (unpaired) electrons. The van der Waals surface area contributed by atoms with Gasteiger partial charge in [0.25, 0.3) is 0 Å². The van der Waals surface area contributed by atoms with Crippen LogP contribution in [-0.2, 0) is 19.4 Å². The first kappa shape index (κ1) is 11.9. The third kappa shape index (κ3) is 1.97. The maximum Gasteiger partial charge on any atom is 0.309 e. The molecule has 2 bridgehead atoms. The first-order valence-corrected chi connectivity index (χ1v) is 7.56. The lowest BCUT2D eigenvalue weighted by Gasteiger charge is -2.37. The van der Waals surface area contributed by atoms with E-state index in [9.17, 15) is 13.2 Å². The number of esters is 1. The summed E-state index contributed by atoms with van der Waals surface area (Å²) in [7, 11) is -2.95. The molecule has 0 aromatic rings. The zero-order chi connectivity index (χ0) is 11.8. The molecule has 0 saturated carbocycles. The number of sulfone groups is 1. The van der Waals surface area contributed by atoms with E-state index >= 15 is 0 Å². The fraction of sp³-hybridized carbons (Fsp3) is 0.909. The monoisotopic (exact) mass is 246 g/mol. The molecule has 2 atom stereocenters. The molecule has 0 aliphatic carbocycles. The average Bonchev–Trinajstić information content (AvgIpc) is 2.15. The number of ether oxygens (including phenoxy) is 1. The summed E-state index contributed by atoms with van der Waals surface area (Å²) >= 11 is 0. The van der Waals surface area contributed by atoms with E-state index in [4.69, 9.17) is 4.74 Å². The molecule has 2 heterocycles. The van der Waals surface area contributed by atoms with E-state index in [0.717, 1.165) is 19.3 Å². The number of hydrogen-bond acceptors (Lipinski definition) is 4. The first-order valence-electron chi connectivity index (χ1n) is 5.95. The Labute approximate surface area is 96.3 Å². The zero-order valence-electron chi connectivity index (χ0n) is 9.52. The number of hydrogen-bond donors (Lipinski definition) is 0. The van der Waals surface area contributed by atoms with Crippen molar-refractivity contribution in [3.05, 3.63) is 0 Å². The van der Waals surface area contributed by atoms with E-state index in [1.54, 1.807) is 6.92 Å². The molecule has 0 amide bonds. The van der Waals surface area contributed by atoms with Gasteiger partial charge in [-0.15, -0.1) is 0 Å². The van der Waals surface area contributed by atoms with Gasteiger partial charge in [-0.2, -0.15) is 0 Å². The lowest BCUT2D eigenvalue weighted by atomic mass is 9.89. The largest absolute Gasteiger partial charge is 0.466 e. The highest BCUT2D eigenvalue weighted by Gasteiger charge is 2.46. The van der Waals surface area contributed by atoms with Crippen LogP contribution in [0.1, 0.15) is 39.0 Å². The topological polar surface area (TPSA) is 60.4 Å². The summed E-state index contributed by atoms with van der Waals surface area (Å²) in [5, 5.41) is -0.594. The second kappa shape index (κ2) is 4.35. The molecule has 0 spiro atoms. The van der Waals surface area contributed by atoms with Crippen molar-refractivity contribution in [2.75, 3.05) is 6.61 Å². The van der Waals surface area contributed by atoms with Crippen LogP contribution < -0.4 is 0 Å². The van der Waals surface area contributed by atoms with Gasteiger partial charge in [-0.05, 0) is 32.6 Å². The molecule has 4 nitrogen and oxygen atoms in total. The van der Waals surface area contributed by atoms with Crippen LogP contribution in [0.3, 0.4) is 0 Å². The predicted molar refractivity (Wildman–Crippen MR) is 59.7 cm³/mol. The molecule has 2 aliphatic heterocycles. The normalized spacial score (nSPS) is 36.7. The summed E-state index contributed by atoms with van der Waals surface area (Å²) in [5.74, 6) is -0.409. The van der Waals surface area contributed by atoms with Gasteiger partial charge in [-0.25, -0.2) is 8.42 Å². The Balaban J connectivity index is 2.12. The number of carbonyl (C=O) groups excluding carboxylic acids is 1. The molecule has 2 unspecified atom stereocenters. The Hall–Kier alpha value is -0.580. The Morgan fingerprint density at radius 1 is 1.25 bits per heavy atom. The predicted octanol–water partition coefficient (Wildman–Crippen LogP) is 1.30. The maximum atomic E-state index is 12.0. The molecule has 0 N–H and O–H groups in total. The summed E-state index contributed by atoms with van der Waals surface area (Å²) < 4.78 is 28.9. The van der Waals surface area contributed by atoms with E-state index in [1.807, 2.05) is 0 Å². The lowest BCUT2D eigenvalue weighted by Crippen LogP contribution is -2.45. The molecule has 2 saturated heterocycles. The lowest BCUT2D eigenvalue weighted by molar-refractivity contribution is -0.148. The first-order chi connectivity index (χ1) is 7.55. The van der Waals surface area contributed by atoms with Crippen LogP contribution in [0.25, 0.3) is 0 Å². The summed E-state index contributed by atoms with van der Waals surface area (Å²) in [4.78, 5) is 11.6. The minimum atomic E-state index is -2.95. The maximum absolute atomic E-state index is 12.0. The molecule has 92 valence electrons. The number of fused-ring (bicyclic) bond motifs is 2. The Morgan fingerprint density at radius 2 is 1.81 bits per heavy atom. The molecule has 0 aromatic carbocycles. The van der Waals surface area contributed by atoms with Gasteiger partial charge in [0, 0.05) is 0 Å². The Bertz CT molecular complexity index is 353. The summed E-state index contributed by atoms with van der Waals surface area (Å²) in [5.41, 5.74) is 0. The van der Waals surface area contributed by atoms with Crippen LogP contribution in [0.2, 0.25) is 0 Å². The van der Waals surface area contributed by atoms with E-state index in [-0.39, 0.29) is 22.4 Å². The molecule has 5 heteroatoms. The van der Waals surface area contributed by atoms with Gasteiger partial charge in [0.1, 0.15) is 0 Å². The number of carbonyl (C=O) groups is 1. The SMILES string of the molecule is CCOC(=O)C1CC2CCCC(C1)S2(=O)=O. The van der Waals surface area contributed by atoms with Crippen LogP contribution in [0.4, 0.5) is 0 Å². The van der Waals surface area contributed by atoms with Gasteiger partial charge in [-0.1, -0.05) is 6.42 Å². The number of rotatable bonds is 2. The fourth-order valence-electron chi connectivity index (χ4n) is 2.86. The van der Waals surface area contributed by atoms with Crippen LogP contribution >= 0.6 is 0 Å². The summed E-state index contributed by atoms with van der Waals surface area (Å²) in [6, 6.07) is 0. The third-order valence-corrected chi connectivity index (χ3v) is 6.41. The second-order valence-electron chi connectivity index (χ2n) is 4.68. The minimum Gasteiger partial charge on any atom is -0.466 e. The van der Waals surface area contributed by atoms with Crippen molar-refractivity contribution in [2.24, 2.45) is 5.92 Å². The van der Waals surface area contributed by atoms with E-state index in [2.05, 4.69) is 0 Å². The van der Waals surface area contributed by atoms with Crippen molar-refractivity contribution in [1.82, 2.24) is 0 Å². The fourth-order valence-corrected chi connectivity index (χ4v) is 5.40. The Morgan fingerprint density at radius 3 is 2.31 bits per heavy atom. The van der Waals surface area contributed by atoms with Crippen molar-refractivity contribution in [2.45, 2.75) is 49.5 Å². The standard InChI is InChI=1S/C11H18O4S/c1-2-15-11(12)8-6-9-4-3-5-10(7-8)16(9,13)14/h8-10H,2-7H2,1H3. The van der Waals surface area contributed by atoms with Gasteiger partial charge in [-0.3, -0.25) is 4.79 Å². The van der Waals surface area contributed by atoms with E-state index < -0.39 is 9.84 Å². The van der Waals surface area contributed by atoms with Gasteiger partial charge >= 0.3 is 5.97 Å². The second-order valence-corrected chi connectivity index (χ2v) is 7.20. The highest BCUT2D eigenvalue weighted by atomic mass is 32.2. The van der Waals surface area contributed by atoms with Crippen molar-refractivity contribution in [3.63, 3.8) is 0 Å². The van der Waals surface area contributed by atoms with Crippen molar-refractivity contribution >= 4 is 15.8 Å². The quantitative estimate of drug-likeness (QED) is 0.689. The van der Waals surface area contributed by atoms with Gasteiger partial charge in [0.15, 0.2) is 9.84 Å². The average molecular weight is 246 g/mol. The molecule has 2 fully saturated rings. The van der Waals surface area contributed by atoms with Crippen LogP contribution in [0.15, 0.2) is 0 Å². The molecule has 2 aliphatic rings. The van der Waals surface area contributed by atoms with Gasteiger partial charge in [0.05, 0.1) is 23.0 Å². The molecular formula is C11H18O4S. The molecule has 16 heavy (non-hydrogen) atoms. The summed E-state index contributed by atoms with van der Waals surface area (Å²) in [6.07, 6.45) is 3.35. The smallest absolute Gasteiger partial charge is 0.309 e. The van der Waals surface area contributed by atoms with Crippen LogP contribution in [0, 0.1) is 5.92 Å².